The molecule has 0 aliphatic rings. The number of pyridine rings is 1. The van der Waals surface area contributed by atoms with Crippen molar-refractivity contribution in [1.82, 2.24) is 4.98 Å². The molecule has 1 heterocycles. The number of carbonyl (C=O) groups excluding carboxylic acids is 1. The second-order valence-electron chi connectivity index (χ2n) is 3.56. The van der Waals surface area contributed by atoms with Gasteiger partial charge in [0.15, 0.2) is 0 Å². The number of nitro groups is 1. The topological polar surface area (TPSA) is 82.3 Å². The van der Waals surface area contributed by atoms with E-state index in [-0.39, 0.29) is 28.5 Å². The van der Waals surface area contributed by atoms with E-state index in [2.05, 4.69) is 4.98 Å². The van der Waals surface area contributed by atoms with Gasteiger partial charge >= 0.3 is 5.97 Å². The quantitative estimate of drug-likeness (QED) is 0.359. The highest BCUT2D eigenvalue weighted by Crippen LogP contribution is 2.27. The molecule has 6 nitrogen and oxygen atoms in total. The molecule has 0 aromatic carbocycles. The van der Waals surface area contributed by atoms with E-state index in [1.165, 1.54) is 6.07 Å². The second kappa shape index (κ2) is 6.55. The first-order valence-corrected chi connectivity index (χ1v) is 6.38. The Morgan fingerprint density at radius 2 is 2.33 bits per heavy atom. The van der Waals surface area contributed by atoms with E-state index < -0.39 is 4.92 Å². The lowest BCUT2D eigenvalue weighted by Crippen LogP contribution is -2.13. The average Bonchev–Trinajstić information content (AvgIpc) is 2.26. The van der Waals surface area contributed by atoms with Gasteiger partial charge in [-0.1, -0.05) is 23.4 Å². The minimum atomic E-state index is -0.583. The molecule has 98 valence electrons. The molecular weight excluding hydrogens is 280 g/mol. The van der Waals surface area contributed by atoms with Crippen molar-refractivity contribution < 1.29 is 14.5 Å². The molecule has 0 aliphatic carbocycles. The number of rotatable bonds is 5. The molecule has 0 saturated heterocycles. The largest absolute Gasteiger partial charge is 0.462 e. The minimum absolute atomic E-state index is 0.0582. The van der Waals surface area contributed by atoms with Gasteiger partial charge in [-0.2, -0.15) is 0 Å². The number of nitrogens with zero attached hydrogens (tertiary/aromatic N) is 2. The summed E-state index contributed by atoms with van der Waals surface area (Å²) >= 11 is 6.90. The molecular formula is C10H11ClN2O4S. The van der Waals surface area contributed by atoms with Crippen LogP contribution in [0.25, 0.3) is 0 Å². The number of hydrogen-bond donors (Lipinski definition) is 0. The fourth-order valence-electron chi connectivity index (χ4n) is 1.05. The first kappa shape index (κ1) is 14.7. The third kappa shape index (κ3) is 4.50. The number of esters is 1. The van der Waals surface area contributed by atoms with Crippen molar-refractivity contribution in [3.05, 3.63) is 27.4 Å². The van der Waals surface area contributed by atoms with Crippen LogP contribution in [0.5, 0.6) is 0 Å². The zero-order valence-corrected chi connectivity index (χ0v) is 11.3. The van der Waals surface area contributed by atoms with Gasteiger partial charge in [0.2, 0.25) is 0 Å². The summed E-state index contributed by atoms with van der Waals surface area (Å²) in [6.45, 7) is 3.50. The highest BCUT2D eigenvalue weighted by Gasteiger charge is 2.13. The molecule has 1 aromatic heterocycles. The summed E-state index contributed by atoms with van der Waals surface area (Å²) in [5.41, 5.74) is -0.186. The van der Waals surface area contributed by atoms with Crippen LogP contribution in [0.3, 0.4) is 0 Å². The van der Waals surface area contributed by atoms with Crippen LogP contribution in [-0.4, -0.2) is 27.7 Å². The van der Waals surface area contributed by atoms with E-state index in [4.69, 9.17) is 16.3 Å². The maximum Gasteiger partial charge on any atom is 0.316 e. The molecule has 0 unspecified atom stereocenters. The van der Waals surface area contributed by atoms with Crippen LogP contribution in [0, 0.1) is 10.1 Å². The van der Waals surface area contributed by atoms with Gasteiger partial charge in [-0.3, -0.25) is 14.9 Å². The summed E-state index contributed by atoms with van der Waals surface area (Å²) in [6.07, 6.45) is 0.917. The molecule has 0 spiro atoms. The third-order valence-electron chi connectivity index (χ3n) is 1.70. The van der Waals surface area contributed by atoms with Gasteiger partial charge in [0.25, 0.3) is 5.69 Å². The molecule has 0 N–H and O–H groups in total. The molecule has 0 fully saturated rings. The zero-order valence-electron chi connectivity index (χ0n) is 9.75. The van der Waals surface area contributed by atoms with Crippen molar-refractivity contribution in [2.45, 2.75) is 25.0 Å². The number of hydrogen-bond acceptors (Lipinski definition) is 6. The van der Waals surface area contributed by atoms with Gasteiger partial charge in [-0.15, -0.1) is 0 Å². The fraction of sp³-hybridized carbons (Fsp3) is 0.400. The Morgan fingerprint density at radius 3 is 2.83 bits per heavy atom. The van der Waals surface area contributed by atoms with Crippen LogP contribution in [0.15, 0.2) is 17.3 Å². The number of aromatic nitrogens is 1. The smallest absolute Gasteiger partial charge is 0.316 e. The molecule has 1 aromatic rings. The predicted octanol–water partition coefficient (Wildman–Crippen LogP) is 2.69. The van der Waals surface area contributed by atoms with Gasteiger partial charge in [-0.25, -0.2) is 4.98 Å². The predicted molar refractivity (Wildman–Crippen MR) is 67.9 cm³/mol. The summed E-state index contributed by atoms with van der Waals surface area (Å²) < 4.78 is 4.93. The van der Waals surface area contributed by atoms with Crippen LogP contribution in [0.4, 0.5) is 5.69 Å². The zero-order chi connectivity index (χ0) is 13.7. The Balaban J connectivity index is 2.63. The number of ether oxygens (including phenoxy) is 1. The molecule has 8 heteroatoms. The maximum absolute atomic E-state index is 11.3. The summed E-state index contributed by atoms with van der Waals surface area (Å²) in [5, 5.41) is 11.0. The Hall–Kier alpha value is -1.34. The Kier molecular flexibility index (Phi) is 5.36. The van der Waals surface area contributed by atoms with Crippen LogP contribution in [0.1, 0.15) is 13.8 Å². The molecule has 0 saturated carbocycles. The molecule has 18 heavy (non-hydrogen) atoms. The van der Waals surface area contributed by atoms with E-state index in [1.54, 1.807) is 13.8 Å². The first-order valence-electron chi connectivity index (χ1n) is 5.02. The average molecular weight is 291 g/mol. The molecule has 0 atom stereocenters. The van der Waals surface area contributed by atoms with Crippen LogP contribution in [-0.2, 0) is 9.53 Å². The van der Waals surface area contributed by atoms with E-state index in [0.29, 0.717) is 5.03 Å². The Bertz CT molecular complexity index is 467. The van der Waals surface area contributed by atoms with Crippen molar-refractivity contribution in [2.24, 2.45) is 0 Å². The van der Waals surface area contributed by atoms with Gasteiger partial charge in [0.05, 0.1) is 21.8 Å². The lowest BCUT2D eigenvalue weighted by Gasteiger charge is -2.07. The lowest BCUT2D eigenvalue weighted by molar-refractivity contribution is -0.385. The van der Waals surface area contributed by atoms with E-state index >= 15 is 0 Å². The van der Waals surface area contributed by atoms with Gasteiger partial charge in [0, 0.05) is 6.07 Å². The third-order valence-corrected chi connectivity index (χ3v) is 3.08. The van der Waals surface area contributed by atoms with E-state index in [0.717, 1.165) is 18.0 Å². The SMILES string of the molecule is CC(C)OC(=O)CSc1ncc([N+](=O)[O-])cc1Cl. The maximum atomic E-state index is 11.3. The minimum Gasteiger partial charge on any atom is -0.462 e. The van der Waals surface area contributed by atoms with Gasteiger partial charge in [0.1, 0.15) is 11.2 Å². The molecule has 0 amide bonds. The number of thioether (sulfide) groups is 1. The fourth-order valence-corrected chi connectivity index (χ4v) is 2.02. The highest BCUT2D eigenvalue weighted by atomic mass is 35.5. The van der Waals surface area contributed by atoms with E-state index in [9.17, 15) is 14.9 Å². The summed E-state index contributed by atoms with van der Waals surface area (Å²) in [6, 6.07) is 1.20. The van der Waals surface area contributed by atoms with Gasteiger partial charge < -0.3 is 4.74 Å². The summed E-state index contributed by atoms with van der Waals surface area (Å²) in [4.78, 5) is 25.0. The molecule has 1 rings (SSSR count). The summed E-state index contributed by atoms with van der Waals surface area (Å²) in [7, 11) is 0. The van der Waals surface area contributed by atoms with Crippen molar-refractivity contribution in [1.29, 1.82) is 0 Å². The van der Waals surface area contributed by atoms with Crippen molar-refractivity contribution in [3.8, 4) is 0 Å². The molecule has 0 aliphatic heterocycles. The van der Waals surface area contributed by atoms with Crippen molar-refractivity contribution in [3.63, 3.8) is 0 Å². The van der Waals surface area contributed by atoms with E-state index in [1.807, 2.05) is 0 Å². The van der Waals surface area contributed by atoms with Crippen molar-refractivity contribution in [2.75, 3.05) is 5.75 Å². The van der Waals surface area contributed by atoms with Crippen LogP contribution < -0.4 is 0 Å². The summed E-state index contributed by atoms with van der Waals surface area (Å²) in [5.74, 6) is -0.325. The highest BCUT2D eigenvalue weighted by molar-refractivity contribution is 8.00. The van der Waals surface area contributed by atoms with Crippen LogP contribution in [0.2, 0.25) is 5.02 Å². The number of carbonyl (C=O) groups is 1. The first-order chi connectivity index (χ1) is 8.40. The standard InChI is InChI=1S/C10H11ClN2O4S/c1-6(2)17-9(14)5-18-10-8(11)3-7(4-12-10)13(15)16/h3-4,6H,5H2,1-2H3. The molecule has 0 bridgehead atoms. The van der Waals surface area contributed by atoms with Crippen molar-refractivity contribution >= 4 is 35.0 Å². The number of halogens is 1. The normalized spacial score (nSPS) is 10.4. The lowest BCUT2D eigenvalue weighted by atomic mass is 10.4. The van der Waals surface area contributed by atoms with Crippen LogP contribution >= 0.6 is 23.4 Å². The van der Waals surface area contributed by atoms with Gasteiger partial charge in [-0.05, 0) is 13.8 Å². The monoisotopic (exact) mass is 290 g/mol. The Labute approximate surface area is 113 Å². The second-order valence-corrected chi connectivity index (χ2v) is 4.94. The Morgan fingerprint density at radius 1 is 1.67 bits per heavy atom. The molecule has 0 radical (unpaired) electrons.